The molecule has 1 amide bonds. The molecule has 2 aromatic carbocycles. The van der Waals surface area contributed by atoms with Gasteiger partial charge in [-0.05, 0) is 37.1 Å². The van der Waals surface area contributed by atoms with Gasteiger partial charge in [-0.25, -0.2) is 19.9 Å². The fraction of sp³-hybridized carbons (Fsp3) is 0.303. The summed E-state index contributed by atoms with van der Waals surface area (Å²) in [6, 6.07) is 13.5. The number of nitrogens with zero attached hydrogens (tertiary/aromatic N) is 6. The van der Waals surface area contributed by atoms with Gasteiger partial charge in [0, 0.05) is 42.2 Å². The maximum absolute atomic E-state index is 14.2. The average molecular weight is 677 g/mol. The molecule has 11 nitrogen and oxygen atoms in total. The molecule has 48 heavy (non-hydrogen) atoms. The van der Waals surface area contributed by atoms with E-state index < -0.39 is 30.5 Å². The molecule has 0 spiro atoms. The summed E-state index contributed by atoms with van der Waals surface area (Å²) < 4.78 is 54.4. The minimum absolute atomic E-state index is 0.00237. The van der Waals surface area contributed by atoms with Gasteiger partial charge in [-0.2, -0.15) is 13.2 Å². The molecule has 7 rings (SSSR count). The van der Waals surface area contributed by atoms with Crippen molar-refractivity contribution in [1.29, 1.82) is 0 Å². The van der Waals surface area contributed by atoms with Crippen molar-refractivity contribution in [3.8, 4) is 22.9 Å². The van der Waals surface area contributed by atoms with E-state index in [1.54, 1.807) is 35.7 Å². The van der Waals surface area contributed by atoms with Gasteiger partial charge in [0.05, 0.1) is 54.3 Å². The molecule has 0 saturated carbocycles. The molecule has 0 aliphatic carbocycles. The number of para-hydroxylation sites is 1. The smallest absolute Gasteiger partial charge is 0.449 e. The predicted octanol–water partition coefficient (Wildman–Crippen LogP) is 5.99. The maximum Gasteiger partial charge on any atom is 0.449 e. The van der Waals surface area contributed by atoms with E-state index in [1.165, 1.54) is 25.3 Å². The van der Waals surface area contributed by atoms with E-state index in [9.17, 15) is 18.0 Å². The number of amides is 1. The molecule has 0 radical (unpaired) electrons. The van der Waals surface area contributed by atoms with E-state index in [2.05, 4.69) is 30.2 Å². The second-order valence-corrected chi connectivity index (χ2v) is 12.4. The number of pyridine rings is 1. The fourth-order valence-electron chi connectivity index (χ4n) is 6.20. The van der Waals surface area contributed by atoms with E-state index in [0.29, 0.717) is 54.6 Å². The van der Waals surface area contributed by atoms with E-state index in [1.807, 2.05) is 35.7 Å². The summed E-state index contributed by atoms with van der Waals surface area (Å²) in [6.07, 6.45) is -0.301. The first-order chi connectivity index (χ1) is 23.2. The van der Waals surface area contributed by atoms with Crippen LogP contribution in [0.3, 0.4) is 0 Å². The van der Waals surface area contributed by atoms with Crippen LogP contribution in [-0.4, -0.2) is 67.1 Å². The zero-order chi connectivity index (χ0) is 33.4. The van der Waals surface area contributed by atoms with Crippen molar-refractivity contribution in [2.45, 2.75) is 44.2 Å². The van der Waals surface area contributed by atoms with Crippen molar-refractivity contribution in [3.63, 3.8) is 0 Å². The molecule has 4 aromatic heterocycles. The molecule has 15 heteroatoms. The highest BCUT2D eigenvalue weighted by molar-refractivity contribution is 7.09. The highest BCUT2D eigenvalue weighted by Crippen LogP contribution is 2.36. The third-order valence-corrected chi connectivity index (χ3v) is 9.31. The molecule has 1 saturated heterocycles. The third-order valence-electron chi connectivity index (χ3n) is 8.53. The Morgan fingerprint density at radius 2 is 1.94 bits per heavy atom. The Kier molecular flexibility index (Phi) is 8.47. The first-order valence-electron chi connectivity index (χ1n) is 15.2. The lowest BCUT2D eigenvalue weighted by Gasteiger charge is -2.39. The van der Waals surface area contributed by atoms with Gasteiger partial charge < -0.3 is 29.2 Å². The number of hydrogen-bond acceptors (Lipinski definition) is 9. The zero-order valence-electron chi connectivity index (χ0n) is 26.0. The molecule has 0 unspecified atom stereocenters. The van der Waals surface area contributed by atoms with Gasteiger partial charge in [0.2, 0.25) is 17.6 Å². The minimum atomic E-state index is -4.78. The molecular formula is C33H31F3N8O3S. The second kappa shape index (κ2) is 12.9. The summed E-state index contributed by atoms with van der Waals surface area (Å²) in [4.78, 5) is 36.6. The summed E-state index contributed by atoms with van der Waals surface area (Å²) in [6.45, 7) is 0.291. The Morgan fingerprint density at radius 3 is 2.71 bits per heavy atom. The van der Waals surface area contributed by atoms with Crippen LogP contribution < -0.4 is 14.8 Å². The number of imidazole rings is 2. The number of fused-ring (bicyclic) bond motifs is 2. The Balaban J connectivity index is 1.23. The number of hydrogen-bond donors (Lipinski definition) is 2. The number of rotatable bonds is 9. The monoisotopic (exact) mass is 676 g/mol. The average Bonchev–Trinajstić information content (AvgIpc) is 3.87. The third kappa shape index (κ3) is 6.18. The number of H-pyrrole nitrogens is 1. The number of alkyl halides is 3. The number of thiazole rings is 1. The summed E-state index contributed by atoms with van der Waals surface area (Å²) in [7, 11) is 2.97. The highest BCUT2D eigenvalue weighted by atomic mass is 32.1. The summed E-state index contributed by atoms with van der Waals surface area (Å²) in [5.74, 6) is -0.370. The summed E-state index contributed by atoms with van der Waals surface area (Å²) in [5.41, 5.74) is 2.38. The van der Waals surface area contributed by atoms with Crippen LogP contribution >= 0.6 is 11.3 Å². The molecular weight excluding hydrogens is 645 g/mol. The van der Waals surface area contributed by atoms with Gasteiger partial charge in [0.25, 0.3) is 0 Å². The summed E-state index contributed by atoms with van der Waals surface area (Å²) in [5, 5.41) is 7.29. The number of nitrogens with one attached hydrogen (secondary N) is 2. The molecule has 248 valence electrons. The zero-order valence-corrected chi connectivity index (χ0v) is 26.8. The number of carbonyl (C=O) groups excluding carboxylic acids is 1. The molecule has 1 fully saturated rings. The first-order valence-corrected chi connectivity index (χ1v) is 16.1. The van der Waals surface area contributed by atoms with Crippen LogP contribution in [0.2, 0.25) is 0 Å². The topological polar surface area (TPSA) is 123 Å². The molecule has 2 N–H and O–H groups in total. The van der Waals surface area contributed by atoms with Crippen molar-refractivity contribution in [2.75, 3.05) is 20.8 Å². The fourth-order valence-corrected chi connectivity index (χ4v) is 6.77. The van der Waals surface area contributed by atoms with Crippen molar-refractivity contribution in [2.24, 2.45) is 0 Å². The van der Waals surface area contributed by atoms with E-state index in [-0.39, 0.29) is 17.1 Å². The van der Waals surface area contributed by atoms with Gasteiger partial charge in [-0.1, -0.05) is 18.2 Å². The van der Waals surface area contributed by atoms with Gasteiger partial charge in [0.1, 0.15) is 23.1 Å². The Morgan fingerprint density at radius 1 is 1.08 bits per heavy atom. The Labute approximate surface area is 276 Å². The number of benzene rings is 2. The number of carbonyl (C=O) groups is 1. The predicted molar refractivity (Wildman–Crippen MR) is 174 cm³/mol. The van der Waals surface area contributed by atoms with Crippen LogP contribution in [-0.2, 0) is 24.1 Å². The van der Waals surface area contributed by atoms with E-state index in [4.69, 9.17) is 9.47 Å². The lowest BCUT2D eigenvalue weighted by Crippen LogP contribution is -2.48. The lowest BCUT2D eigenvalue weighted by atomic mass is 9.96. The SMILES string of the molecule is COc1ccc2nc(C(F)(F)F)n(CC(=O)N3CC[C@@H](NCc4nccs4)C[C@H]3c3ncc(-c4cc5ccccc5nc4OC)[nH]3)c2c1. The molecule has 5 heterocycles. The number of ether oxygens (including phenoxy) is 2. The number of halogens is 3. The minimum Gasteiger partial charge on any atom is -0.497 e. The van der Waals surface area contributed by atoms with Crippen molar-refractivity contribution >= 4 is 39.2 Å². The van der Waals surface area contributed by atoms with Crippen molar-refractivity contribution in [3.05, 3.63) is 83.0 Å². The largest absolute Gasteiger partial charge is 0.497 e. The number of aromatic nitrogens is 6. The van der Waals surface area contributed by atoms with Gasteiger partial charge in [0.15, 0.2) is 0 Å². The van der Waals surface area contributed by atoms with Crippen LogP contribution in [0.5, 0.6) is 11.6 Å². The van der Waals surface area contributed by atoms with Crippen LogP contribution in [0.1, 0.15) is 35.5 Å². The van der Waals surface area contributed by atoms with Crippen LogP contribution in [0.25, 0.3) is 33.2 Å². The Hall–Kier alpha value is -5.02. The summed E-state index contributed by atoms with van der Waals surface area (Å²) >= 11 is 1.54. The van der Waals surface area contributed by atoms with Crippen LogP contribution in [0.15, 0.2) is 66.3 Å². The number of likely N-dealkylation sites (tertiary alicyclic amines) is 1. The molecule has 6 aromatic rings. The van der Waals surface area contributed by atoms with E-state index in [0.717, 1.165) is 20.5 Å². The molecule has 2 atom stereocenters. The van der Waals surface area contributed by atoms with Crippen LogP contribution in [0, 0.1) is 0 Å². The second-order valence-electron chi connectivity index (χ2n) is 11.4. The lowest BCUT2D eigenvalue weighted by molar-refractivity contribution is -0.148. The highest BCUT2D eigenvalue weighted by Gasteiger charge is 2.40. The quantitative estimate of drug-likeness (QED) is 0.192. The number of methoxy groups -OCH3 is 2. The van der Waals surface area contributed by atoms with Crippen molar-refractivity contribution in [1.82, 2.24) is 39.7 Å². The number of aromatic amines is 1. The van der Waals surface area contributed by atoms with Crippen LogP contribution in [0.4, 0.5) is 13.2 Å². The number of piperidine rings is 1. The Bertz CT molecular complexity index is 2080. The van der Waals surface area contributed by atoms with Gasteiger partial charge >= 0.3 is 6.18 Å². The van der Waals surface area contributed by atoms with E-state index >= 15 is 0 Å². The molecule has 1 aliphatic rings. The normalized spacial score (nSPS) is 16.9. The first kappa shape index (κ1) is 31.6. The van der Waals surface area contributed by atoms with Gasteiger partial charge in [-0.3, -0.25) is 4.79 Å². The standard InChI is InChI=1S/C33H31F3N8O3S/c1-46-21-7-8-24-26(15-21)44(32(42-24)33(34,35)36)18-29(45)43-11-9-20(38-17-28-37-10-12-48-28)14-27(43)30-39-16-25(40-30)22-13-19-5-3-4-6-23(19)41-31(22)47-2/h3-8,10,12-13,15-16,20,27,38H,9,11,14,17-18H2,1-2H3,(H,39,40)/t20-,27+/m1/s1. The molecule has 1 aliphatic heterocycles. The van der Waals surface area contributed by atoms with Crippen molar-refractivity contribution < 1.29 is 27.4 Å². The van der Waals surface area contributed by atoms with Gasteiger partial charge in [-0.15, -0.1) is 11.3 Å². The maximum atomic E-state index is 14.2. The molecule has 0 bridgehead atoms.